The fraction of sp³-hybridized carbons (Fsp3) is 0.250. The molecule has 5 rings (SSSR count). The van der Waals surface area contributed by atoms with Gasteiger partial charge in [-0.3, -0.25) is 0 Å². The molecule has 26 heavy (non-hydrogen) atoms. The minimum Gasteiger partial charge on any atom is -0.371 e. The number of piperidine rings is 1. The van der Waals surface area contributed by atoms with Crippen molar-refractivity contribution < 1.29 is 0 Å². The zero-order valence-electron chi connectivity index (χ0n) is 14.9. The van der Waals surface area contributed by atoms with Crippen molar-refractivity contribution in [2.24, 2.45) is 11.3 Å². The molecule has 1 aliphatic carbocycles. The Bertz CT molecular complexity index is 897. The van der Waals surface area contributed by atoms with Crippen LogP contribution in [0.2, 0.25) is 0 Å². The standard InChI is InChI=1S/C24H22BrN/c1-23-17-26(21-14-8-13-20(25)15-21)16-22(23)24(23,18-9-4-2-5-10-18)19-11-6-3-7-12-19/h2-15,22H,16-17H2,1H3. The first-order chi connectivity index (χ1) is 12.7. The van der Waals surface area contributed by atoms with Gasteiger partial charge >= 0.3 is 0 Å². The van der Waals surface area contributed by atoms with E-state index >= 15 is 0 Å². The number of hydrogen-bond acceptors (Lipinski definition) is 1. The minimum absolute atomic E-state index is 0.137. The van der Waals surface area contributed by atoms with E-state index < -0.39 is 0 Å². The average molecular weight is 404 g/mol. The fourth-order valence-electron chi connectivity index (χ4n) is 5.53. The van der Waals surface area contributed by atoms with E-state index in [1.165, 1.54) is 16.8 Å². The van der Waals surface area contributed by atoms with E-state index in [0.29, 0.717) is 5.92 Å². The van der Waals surface area contributed by atoms with Crippen LogP contribution in [0.5, 0.6) is 0 Å². The Balaban J connectivity index is 1.57. The molecule has 0 aromatic heterocycles. The SMILES string of the molecule is CC12CN(c3cccc(Br)c3)CC1C2(c1ccccc1)c1ccccc1. The van der Waals surface area contributed by atoms with Crippen LogP contribution in [-0.4, -0.2) is 13.1 Å². The van der Waals surface area contributed by atoms with Crippen LogP contribution >= 0.6 is 15.9 Å². The minimum atomic E-state index is 0.137. The van der Waals surface area contributed by atoms with Gasteiger partial charge in [0.15, 0.2) is 0 Å². The Morgan fingerprint density at radius 1 is 0.846 bits per heavy atom. The number of rotatable bonds is 3. The monoisotopic (exact) mass is 403 g/mol. The van der Waals surface area contributed by atoms with Crippen LogP contribution in [0.15, 0.2) is 89.4 Å². The zero-order chi connectivity index (χ0) is 17.8. The normalized spacial score (nSPS) is 25.8. The summed E-state index contributed by atoms with van der Waals surface area (Å²) in [7, 11) is 0. The van der Waals surface area contributed by atoms with Crippen LogP contribution in [-0.2, 0) is 5.41 Å². The molecule has 3 aromatic rings. The number of fused-ring (bicyclic) bond motifs is 1. The second-order valence-corrected chi connectivity index (χ2v) is 8.79. The number of halogens is 1. The molecule has 0 bridgehead atoms. The van der Waals surface area contributed by atoms with E-state index in [9.17, 15) is 0 Å². The van der Waals surface area contributed by atoms with Crippen molar-refractivity contribution >= 4 is 21.6 Å². The molecule has 1 nitrogen and oxygen atoms in total. The Labute approximate surface area is 163 Å². The van der Waals surface area contributed by atoms with Gasteiger partial charge in [0, 0.05) is 34.1 Å². The molecule has 2 atom stereocenters. The van der Waals surface area contributed by atoms with E-state index in [2.05, 4.69) is 113 Å². The van der Waals surface area contributed by atoms with Crippen LogP contribution < -0.4 is 4.90 Å². The van der Waals surface area contributed by atoms with Crippen LogP contribution in [0.3, 0.4) is 0 Å². The molecule has 0 radical (unpaired) electrons. The van der Waals surface area contributed by atoms with Crippen LogP contribution in [0.1, 0.15) is 18.1 Å². The highest BCUT2D eigenvalue weighted by atomic mass is 79.9. The molecule has 130 valence electrons. The fourth-order valence-corrected chi connectivity index (χ4v) is 5.92. The van der Waals surface area contributed by atoms with Crippen molar-refractivity contribution in [3.05, 3.63) is 101 Å². The molecule has 2 fully saturated rings. The predicted octanol–water partition coefficient (Wildman–Crippen LogP) is 5.89. The first-order valence-electron chi connectivity index (χ1n) is 9.28. The first-order valence-corrected chi connectivity index (χ1v) is 10.1. The van der Waals surface area contributed by atoms with Crippen molar-refractivity contribution in [2.75, 3.05) is 18.0 Å². The molecule has 3 aromatic carbocycles. The zero-order valence-corrected chi connectivity index (χ0v) is 16.5. The summed E-state index contributed by atoms with van der Waals surface area (Å²) in [5, 5.41) is 0. The third kappa shape index (κ3) is 2.08. The average Bonchev–Trinajstić information content (AvgIpc) is 2.99. The molecule has 1 saturated heterocycles. The Kier molecular flexibility index (Phi) is 3.55. The summed E-state index contributed by atoms with van der Waals surface area (Å²) < 4.78 is 1.15. The summed E-state index contributed by atoms with van der Waals surface area (Å²) >= 11 is 3.62. The van der Waals surface area contributed by atoms with Gasteiger partial charge in [0.05, 0.1) is 0 Å². The second-order valence-electron chi connectivity index (χ2n) is 7.87. The summed E-state index contributed by atoms with van der Waals surface area (Å²) in [5.41, 5.74) is 4.65. The molecule has 2 unspecified atom stereocenters. The van der Waals surface area contributed by atoms with E-state index in [-0.39, 0.29) is 10.8 Å². The maximum Gasteiger partial charge on any atom is 0.0377 e. The lowest BCUT2D eigenvalue weighted by Crippen LogP contribution is -2.34. The lowest BCUT2D eigenvalue weighted by Gasteiger charge is -2.32. The van der Waals surface area contributed by atoms with E-state index in [0.717, 1.165) is 17.6 Å². The van der Waals surface area contributed by atoms with Gasteiger partial charge in [0.25, 0.3) is 0 Å². The highest BCUT2D eigenvalue weighted by molar-refractivity contribution is 9.10. The van der Waals surface area contributed by atoms with E-state index in [4.69, 9.17) is 0 Å². The van der Waals surface area contributed by atoms with E-state index in [1.807, 2.05) is 0 Å². The summed E-state index contributed by atoms with van der Waals surface area (Å²) in [5.74, 6) is 0.638. The molecule has 1 heterocycles. The number of anilines is 1. The quantitative estimate of drug-likeness (QED) is 0.526. The number of benzene rings is 3. The van der Waals surface area contributed by atoms with Crippen LogP contribution in [0.25, 0.3) is 0 Å². The summed E-state index contributed by atoms with van der Waals surface area (Å²) in [6.45, 7) is 4.68. The second kappa shape index (κ2) is 5.72. The topological polar surface area (TPSA) is 3.24 Å². The Morgan fingerprint density at radius 2 is 1.46 bits per heavy atom. The van der Waals surface area contributed by atoms with Gasteiger partial charge in [0.1, 0.15) is 0 Å². The maximum absolute atomic E-state index is 3.62. The molecular formula is C24H22BrN. The van der Waals surface area contributed by atoms with Crippen molar-refractivity contribution in [2.45, 2.75) is 12.3 Å². The molecule has 0 amide bonds. The number of nitrogens with zero attached hydrogens (tertiary/aromatic N) is 1. The summed E-state index contributed by atoms with van der Waals surface area (Å²) in [6.07, 6.45) is 0. The highest BCUT2D eigenvalue weighted by Crippen LogP contribution is 2.75. The van der Waals surface area contributed by atoms with Gasteiger partial charge in [-0.1, -0.05) is 89.6 Å². The molecule has 0 N–H and O–H groups in total. The molecule has 2 heteroatoms. The lowest BCUT2D eigenvalue weighted by atomic mass is 9.79. The largest absolute Gasteiger partial charge is 0.371 e. The molecule has 0 spiro atoms. The van der Waals surface area contributed by atoms with Gasteiger partial charge in [-0.15, -0.1) is 0 Å². The van der Waals surface area contributed by atoms with Crippen molar-refractivity contribution in [3.8, 4) is 0 Å². The van der Waals surface area contributed by atoms with Crippen molar-refractivity contribution in [1.82, 2.24) is 0 Å². The van der Waals surface area contributed by atoms with Crippen LogP contribution in [0, 0.1) is 11.3 Å². The van der Waals surface area contributed by atoms with E-state index in [1.54, 1.807) is 0 Å². The molecule has 2 aliphatic rings. The van der Waals surface area contributed by atoms with Gasteiger partial charge < -0.3 is 4.90 Å². The highest BCUT2D eigenvalue weighted by Gasteiger charge is 2.77. The smallest absolute Gasteiger partial charge is 0.0377 e. The Hall–Kier alpha value is -2.06. The number of hydrogen-bond donors (Lipinski definition) is 0. The van der Waals surface area contributed by atoms with Gasteiger partial charge in [-0.25, -0.2) is 0 Å². The molecule has 1 saturated carbocycles. The Morgan fingerprint density at radius 3 is 1.96 bits per heavy atom. The molecular weight excluding hydrogens is 382 g/mol. The van der Waals surface area contributed by atoms with Gasteiger partial charge in [0.2, 0.25) is 0 Å². The third-order valence-corrected chi connectivity index (χ3v) is 7.16. The first kappa shape index (κ1) is 16.1. The summed E-state index contributed by atoms with van der Waals surface area (Å²) in [6, 6.07) is 31.0. The molecule has 1 aliphatic heterocycles. The maximum atomic E-state index is 3.62. The van der Waals surface area contributed by atoms with Gasteiger partial charge in [-0.2, -0.15) is 0 Å². The third-order valence-electron chi connectivity index (χ3n) is 6.66. The van der Waals surface area contributed by atoms with Crippen LogP contribution in [0.4, 0.5) is 5.69 Å². The lowest BCUT2D eigenvalue weighted by molar-refractivity contribution is 0.510. The summed E-state index contributed by atoms with van der Waals surface area (Å²) in [4.78, 5) is 2.56. The predicted molar refractivity (Wildman–Crippen MR) is 112 cm³/mol. The van der Waals surface area contributed by atoms with Gasteiger partial charge in [-0.05, 0) is 35.2 Å². The van der Waals surface area contributed by atoms with Crippen molar-refractivity contribution in [3.63, 3.8) is 0 Å². The van der Waals surface area contributed by atoms with Crippen molar-refractivity contribution in [1.29, 1.82) is 0 Å².